The first-order valence-electron chi connectivity index (χ1n) is 7.79. The number of amides is 1. The Labute approximate surface area is 137 Å². The van der Waals surface area contributed by atoms with Crippen molar-refractivity contribution < 1.29 is 9.53 Å². The molecule has 0 aliphatic rings. The summed E-state index contributed by atoms with van der Waals surface area (Å²) in [6.07, 6.45) is 5.13. The van der Waals surface area contributed by atoms with Gasteiger partial charge in [-0.3, -0.25) is 4.79 Å². The van der Waals surface area contributed by atoms with Crippen molar-refractivity contribution in [3.05, 3.63) is 65.2 Å². The molecule has 2 rings (SSSR count). The van der Waals surface area contributed by atoms with E-state index in [9.17, 15) is 4.79 Å². The van der Waals surface area contributed by atoms with Crippen LogP contribution in [0.4, 0.5) is 0 Å². The Morgan fingerprint density at radius 2 is 2.00 bits per heavy atom. The molecule has 0 aromatic heterocycles. The highest BCUT2D eigenvalue weighted by atomic mass is 16.5. The Balaban J connectivity index is 1.91. The third kappa shape index (κ3) is 5.25. The standard InChI is InChI=1S/C19H22N2O2/c1-3-4-6-15-9-11-16(12-10-15)14-20-21-19(22)17-7-5-8-18(13-17)23-2/h5,7-14H,3-4,6H2,1-2H3,(H,21,22)/b20-14+. The normalized spacial score (nSPS) is 10.7. The minimum absolute atomic E-state index is 0.264. The summed E-state index contributed by atoms with van der Waals surface area (Å²) in [5.74, 6) is 0.379. The average molecular weight is 310 g/mol. The molecule has 0 saturated carbocycles. The number of hydrogen-bond acceptors (Lipinski definition) is 3. The van der Waals surface area contributed by atoms with Gasteiger partial charge in [0.1, 0.15) is 5.75 Å². The summed E-state index contributed by atoms with van der Waals surface area (Å²) >= 11 is 0. The maximum atomic E-state index is 12.0. The van der Waals surface area contributed by atoms with E-state index in [0.717, 1.165) is 12.0 Å². The Morgan fingerprint density at radius 1 is 1.22 bits per heavy atom. The summed E-state index contributed by atoms with van der Waals surface area (Å²) in [7, 11) is 1.57. The number of unbranched alkanes of at least 4 members (excludes halogenated alkanes) is 1. The quantitative estimate of drug-likeness (QED) is 0.624. The zero-order valence-electron chi connectivity index (χ0n) is 13.6. The van der Waals surface area contributed by atoms with E-state index in [1.807, 2.05) is 12.1 Å². The molecule has 1 N–H and O–H groups in total. The van der Waals surface area contributed by atoms with Gasteiger partial charge in [0.05, 0.1) is 13.3 Å². The molecule has 0 spiro atoms. The van der Waals surface area contributed by atoms with Crippen molar-refractivity contribution in [3.8, 4) is 5.75 Å². The van der Waals surface area contributed by atoms with Crippen LogP contribution in [0.5, 0.6) is 5.75 Å². The minimum Gasteiger partial charge on any atom is -0.497 e. The molecule has 0 saturated heterocycles. The summed E-state index contributed by atoms with van der Waals surface area (Å²) in [5, 5.41) is 4.00. The van der Waals surface area contributed by atoms with E-state index in [4.69, 9.17) is 4.74 Å². The van der Waals surface area contributed by atoms with Crippen LogP contribution in [-0.4, -0.2) is 19.2 Å². The largest absolute Gasteiger partial charge is 0.497 e. The lowest BCUT2D eigenvalue weighted by Gasteiger charge is -2.03. The molecule has 4 nitrogen and oxygen atoms in total. The molecule has 0 heterocycles. The van der Waals surface area contributed by atoms with Crippen molar-refractivity contribution in [3.63, 3.8) is 0 Å². The first-order chi connectivity index (χ1) is 11.2. The number of carbonyl (C=O) groups excluding carboxylic acids is 1. The molecule has 0 aliphatic heterocycles. The molecule has 0 aliphatic carbocycles. The number of nitrogens with one attached hydrogen (secondary N) is 1. The van der Waals surface area contributed by atoms with Crippen LogP contribution in [0, 0.1) is 0 Å². The lowest BCUT2D eigenvalue weighted by Crippen LogP contribution is -2.17. The van der Waals surface area contributed by atoms with E-state index in [-0.39, 0.29) is 5.91 Å². The third-order valence-electron chi connectivity index (χ3n) is 3.51. The molecule has 0 fully saturated rings. The van der Waals surface area contributed by atoms with E-state index in [1.54, 1.807) is 37.6 Å². The second-order valence-electron chi connectivity index (χ2n) is 5.28. The van der Waals surface area contributed by atoms with Crippen LogP contribution in [0.25, 0.3) is 0 Å². The van der Waals surface area contributed by atoms with Crippen LogP contribution < -0.4 is 10.2 Å². The number of hydrazone groups is 1. The predicted molar refractivity (Wildman–Crippen MR) is 93.1 cm³/mol. The minimum atomic E-state index is -0.264. The molecule has 120 valence electrons. The summed E-state index contributed by atoms with van der Waals surface area (Å²) in [4.78, 5) is 12.0. The van der Waals surface area contributed by atoms with E-state index in [1.165, 1.54) is 18.4 Å². The highest BCUT2D eigenvalue weighted by Crippen LogP contribution is 2.12. The van der Waals surface area contributed by atoms with Crippen LogP contribution in [0.15, 0.2) is 53.6 Å². The van der Waals surface area contributed by atoms with E-state index in [0.29, 0.717) is 11.3 Å². The summed E-state index contributed by atoms with van der Waals surface area (Å²) in [6, 6.07) is 15.2. The number of nitrogens with zero attached hydrogens (tertiary/aromatic N) is 1. The molecular weight excluding hydrogens is 288 g/mol. The van der Waals surface area contributed by atoms with Crippen LogP contribution >= 0.6 is 0 Å². The first-order valence-corrected chi connectivity index (χ1v) is 7.79. The Kier molecular flexibility index (Phi) is 6.36. The maximum absolute atomic E-state index is 12.0. The fourth-order valence-electron chi connectivity index (χ4n) is 2.15. The maximum Gasteiger partial charge on any atom is 0.271 e. The van der Waals surface area contributed by atoms with E-state index >= 15 is 0 Å². The van der Waals surface area contributed by atoms with Gasteiger partial charge in [-0.1, -0.05) is 43.7 Å². The molecule has 1 amide bonds. The van der Waals surface area contributed by atoms with Gasteiger partial charge in [-0.25, -0.2) is 5.43 Å². The molecule has 2 aromatic rings. The van der Waals surface area contributed by atoms with Crippen LogP contribution in [0.2, 0.25) is 0 Å². The molecular formula is C19H22N2O2. The number of ether oxygens (including phenoxy) is 1. The monoisotopic (exact) mass is 310 g/mol. The zero-order chi connectivity index (χ0) is 16.5. The second-order valence-corrected chi connectivity index (χ2v) is 5.28. The van der Waals surface area contributed by atoms with Crippen LogP contribution in [0.1, 0.15) is 41.3 Å². The van der Waals surface area contributed by atoms with Crippen molar-refractivity contribution >= 4 is 12.1 Å². The average Bonchev–Trinajstić information content (AvgIpc) is 2.61. The van der Waals surface area contributed by atoms with Crippen LogP contribution in [-0.2, 0) is 6.42 Å². The fourth-order valence-corrected chi connectivity index (χ4v) is 2.15. The lowest BCUT2D eigenvalue weighted by molar-refractivity contribution is 0.0955. The van der Waals surface area contributed by atoms with Crippen molar-refractivity contribution in [1.82, 2.24) is 5.43 Å². The van der Waals surface area contributed by atoms with Gasteiger partial charge in [0.2, 0.25) is 0 Å². The Morgan fingerprint density at radius 3 is 2.70 bits per heavy atom. The summed E-state index contributed by atoms with van der Waals surface area (Å²) < 4.78 is 5.10. The van der Waals surface area contributed by atoms with Crippen molar-refractivity contribution in [2.75, 3.05) is 7.11 Å². The second kappa shape index (κ2) is 8.73. The Hall–Kier alpha value is -2.62. The SMILES string of the molecule is CCCCc1ccc(/C=N/NC(=O)c2cccc(OC)c2)cc1. The Bertz CT molecular complexity index is 663. The van der Waals surface area contributed by atoms with Gasteiger partial charge in [0.25, 0.3) is 5.91 Å². The van der Waals surface area contributed by atoms with Crippen molar-refractivity contribution in [2.45, 2.75) is 26.2 Å². The number of aryl methyl sites for hydroxylation is 1. The summed E-state index contributed by atoms with van der Waals surface area (Å²) in [5.41, 5.74) is 5.31. The molecule has 0 radical (unpaired) electrons. The first kappa shape index (κ1) is 16.7. The zero-order valence-corrected chi connectivity index (χ0v) is 13.6. The van der Waals surface area contributed by atoms with E-state index < -0.39 is 0 Å². The molecule has 0 bridgehead atoms. The molecule has 0 atom stereocenters. The van der Waals surface area contributed by atoms with Gasteiger partial charge in [-0.15, -0.1) is 0 Å². The van der Waals surface area contributed by atoms with Crippen molar-refractivity contribution in [2.24, 2.45) is 5.10 Å². The van der Waals surface area contributed by atoms with Gasteiger partial charge < -0.3 is 4.74 Å². The number of carbonyl (C=O) groups is 1. The number of rotatable bonds is 7. The van der Waals surface area contributed by atoms with Gasteiger partial charge >= 0.3 is 0 Å². The van der Waals surface area contributed by atoms with Gasteiger partial charge in [0, 0.05) is 5.56 Å². The number of benzene rings is 2. The molecule has 4 heteroatoms. The van der Waals surface area contributed by atoms with Gasteiger partial charge in [-0.05, 0) is 42.2 Å². The number of hydrogen-bond donors (Lipinski definition) is 1. The fraction of sp³-hybridized carbons (Fsp3) is 0.263. The lowest BCUT2D eigenvalue weighted by atomic mass is 10.1. The van der Waals surface area contributed by atoms with Gasteiger partial charge in [-0.2, -0.15) is 5.10 Å². The molecule has 23 heavy (non-hydrogen) atoms. The highest BCUT2D eigenvalue weighted by Gasteiger charge is 2.04. The predicted octanol–water partition coefficient (Wildman–Crippen LogP) is 3.80. The highest BCUT2D eigenvalue weighted by molar-refractivity contribution is 5.95. The summed E-state index contributed by atoms with van der Waals surface area (Å²) in [6.45, 7) is 2.19. The third-order valence-corrected chi connectivity index (χ3v) is 3.51. The number of methoxy groups -OCH3 is 1. The molecule has 0 unspecified atom stereocenters. The van der Waals surface area contributed by atoms with Crippen molar-refractivity contribution in [1.29, 1.82) is 0 Å². The van der Waals surface area contributed by atoms with E-state index in [2.05, 4.69) is 29.6 Å². The molecule has 2 aromatic carbocycles. The topological polar surface area (TPSA) is 50.7 Å². The smallest absolute Gasteiger partial charge is 0.271 e. The van der Waals surface area contributed by atoms with Gasteiger partial charge in [0.15, 0.2) is 0 Å². The van der Waals surface area contributed by atoms with Crippen LogP contribution in [0.3, 0.4) is 0 Å².